The van der Waals surface area contributed by atoms with Crippen LogP contribution in [0.2, 0.25) is 0 Å². The van der Waals surface area contributed by atoms with Gasteiger partial charge in [-0.3, -0.25) is 14.3 Å². The van der Waals surface area contributed by atoms with Crippen molar-refractivity contribution in [1.29, 1.82) is 5.26 Å². The van der Waals surface area contributed by atoms with Gasteiger partial charge in [0.15, 0.2) is 0 Å². The van der Waals surface area contributed by atoms with Gasteiger partial charge in [-0.2, -0.15) is 5.26 Å². The molecule has 2 N–H and O–H groups in total. The minimum Gasteiger partial charge on any atom is -0.382 e. The van der Waals surface area contributed by atoms with Gasteiger partial charge in [0.05, 0.1) is 16.8 Å². The molecular formula is C28H27N7O. The number of pyridine rings is 3. The Hall–Kier alpha value is -4.51. The minimum absolute atomic E-state index is 0.0709. The highest BCUT2D eigenvalue weighted by molar-refractivity contribution is 6.00. The zero-order valence-electron chi connectivity index (χ0n) is 20.3. The second kappa shape index (κ2) is 10.0. The van der Waals surface area contributed by atoms with E-state index in [1.807, 2.05) is 48.9 Å². The maximum Gasteiger partial charge on any atom is 0.255 e. The summed E-state index contributed by atoms with van der Waals surface area (Å²) in [6.45, 7) is 4.06. The van der Waals surface area contributed by atoms with Crippen molar-refractivity contribution < 1.29 is 4.79 Å². The number of rotatable bonds is 6. The molecule has 5 rings (SSSR count). The highest BCUT2D eigenvalue weighted by Crippen LogP contribution is 2.28. The lowest BCUT2D eigenvalue weighted by Crippen LogP contribution is -2.36. The van der Waals surface area contributed by atoms with Gasteiger partial charge in [-0.25, -0.2) is 9.97 Å². The van der Waals surface area contributed by atoms with Gasteiger partial charge in [-0.05, 0) is 68.5 Å². The number of hydrogen-bond donors (Lipinski definition) is 2. The Kier molecular flexibility index (Phi) is 6.46. The van der Waals surface area contributed by atoms with E-state index in [-0.39, 0.29) is 18.0 Å². The molecule has 180 valence electrons. The average molecular weight is 478 g/mol. The standard InChI is InChI=1S/C28H27N7O/c1-18(2)33-25-14-26(35-12-9-22-13-19(15-29)16-32-27(22)35)31-17-24(25)28(36)34-23-5-3-20(4-6-23)21-7-10-30-11-8-21/h3,7-14,16-18,23H,4-6H2,1-2H3,(H,31,33)(H,34,36). The van der Waals surface area contributed by atoms with Crippen LogP contribution in [0.15, 0.2) is 67.4 Å². The third kappa shape index (κ3) is 4.82. The molecule has 0 saturated heterocycles. The summed E-state index contributed by atoms with van der Waals surface area (Å²) in [5.74, 6) is 0.501. The van der Waals surface area contributed by atoms with Crippen molar-refractivity contribution in [2.24, 2.45) is 0 Å². The fraction of sp³-hybridized carbons (Fsp3) is 0.250. The van der Waals surface area contributed by atoms with Gasteiger partial charge in [0, 0.05) is 54.5 Å². The number of carbonyl (C=O) groups is 1. The summed E-state index contributed by atoms with van der Waals surface area (Å²) in [6, 6.07) is 11.9. The van der Waals surface area contributed by atoms with E-state index in [0.29, 0.717) is 28.3 Å². The Morgan fingerprint density at radius 2 is 2.00 bits per heavy atom. The van der Waals surface area contributed by atoms with Crippen LogP contribution in [-0.2, 0) is 0 Å². The highest BCUT2D eigenvalue weighted by atomic mass is 16.1. The number of nitrogens with zero attached hydrogens (tertiary/aromatic N) is 5. The molecule has 1 unspecified atom stereocenters. The number of aromatic nitrogens is 4. The van der Waals surface area contributed by atoms with Crippen LogP contribution in [0.4, 0.5) is 5.69 Å². The molecule has 0 bridgehead atoms. The van der Waals surface area contributed by atoms with Crippen LogP contribution < -0.4 is 10.6 Å². The van der Waals surface area contributed by atoms with Gasteiger partial charge in [0.2, 0.25) is 0 Å². The normalized spacial score (nSPS) is 15.4. The minimum atomic E-state index is -0.142. The van der Waals surface area contributed by atoms with Crippen molar-refractivity contribution in [2.45, 2.75) is 45.2 Å². The molecule has 4 heterocycles. The molecule has 0 saturated carbocycles. The van der Waals surface area contributed by atoms with Crippen molar-refractivity contribution in [3.05, 3.63) is 84.1 Å². The molecule has 4 aromatic heterocycles. The number of allylic oxidation sites excluding steroid dienone is 1. The molecule has 8 nitrogen and oxygen atoms in total. The summed E-state index contributed by atoms with van der Waals surface area (Å²) in [5, 5.41) is 16.6. The Morgan fingerprint density at radius 1 is 1.17 bits per heavy atom. The predicted molar refractivity (Wildman–Crippen MR) is 140 cm³/mol. The third-order valence-corrected chi connectivity index (χ3v) is 6.28. The molecule has 8 heteroatoms. The fourth-order valence-corrected chi connectivity index (χ4v) is 4.51. The Labute approximate surface area is 209 Å². The van der Waals surface area contributed by atoms with Crippen molar-refractivity contribution in [3.8, 4) is 11.9 Å². The molecule has 1 atom stereocenters. The van der Waals surface area contributed by atoms with Crippen LogP contribution in [0.3, 0.4) is 0 Å². The number of fused-ring (bicyclic) bond motifs is 1. The molecule has 1 amide bonds. The van der Waals surface area contributed by atoms with Crippen molar-refractivity contribution >= 4 is 28.2 Å². The quantitative estimate of drug-likeness (QED) is 0.410. The number of carbonyl (C=O) groups excluding carboxylic acids is 1. The van der Waals surface area contributed by atoms with Crippen molar-refractivity contribution in [1.82, 2.24) is 24.8 Å². The predicted octanol–water partition coefficient (Wildman–Crippen LogP) is 4.87. The van der Waals surface area contributed by atoms with Crippen molar-refractivity contribution in [3.63, 3.8) is 0 Å². The van der Waals surface area contributed by atoms with Gasteiger partial charge >= 0.3 is 0 Å². The first-order valence-electron chi connectivity index (χ1n) is 12.1. The number of nitriles is 1. The maximum atomic E-state index is 13.3. The first-order chi connectivity index (χ1) is 17.5. The Morgan fingerprint density at radius 3 is 2.72 bits per heavy atom. The van der Waals surface area contributed by atoms with E-state index in [1.165, 1.54) is 11.1 Å². The second-order valence-corrected chi connectivity index (χ2v) is 9.23. The van der Waals surface area contributed by atoms with E-state index in [1.54, 1.807) is 30.9 Å². The van der Waals surface area contributed by atoms with E-state index in [2.05, 4.69) is 37.7 Å². The summed E-state index contributed by atoms with van der Waals surface area (Å²) in [7, 11) is 0. The van der Waals surface area contributed by atoms with Crippen molar-refractivity contribution in [2.75, 3.05) is 5.32 Å². The average Bonchev–Trinajstić information content (AvgIpc) is 3.32. The molecule has 0 aromatic carbocycles. The third-order valence-electron chi connectivity index (χ3n) is 6.28. The lowest BCUT2D eigenvalue weighted by atomic mass is 9.91. The first-order valence-corrected chi connectivity index (χ1v) is 12.1. The molecule has 0 radical (unpaired) electrons. The van der Waals surface area contributed by atoms with E-state index in [0.717, 1.165) is 24.6 Å². The van der Waals surface area contributed by atoms with Gasteiger partial charge in [-0.1, -0.05) is 6.08 Å². The molecular weight excluding hydrogens is 450 g/mol. The molecule has 0 spiro atoms. The lowest BCUT2D eigenvalue weighted by Gasteiger charge is -2.24. The second-order valence-electron chi connectivity index (χ2n) is 9.23. The fourth-order valence-electron chi connectivity index (χ4n) is 4.51. The monoisotopic (exact) mass is 477 g/mol. The molecule has 1 aliphatic rings. The zero-order chi connectivity index (χ0) is 25.1. The van der Waals surface area contributed by atoms with Crippen LogP contribution >= 0.6 is 0 Å². The summed E-state index contributed by atoms with van der Waals surface area (Å²) in [4.78, 5) is 26.4. The van der Waals surface area contributed by atoms with Gasteiger partial charge in [0.1, 0.15) is 17.5 Å². The van der Waals surface area contributed by atoms with Crippen LogP contribution in [0.25, 0.3) is 22.4 Å². The molecule has 1 aliphatic carbocycles. The molecule has 0 aliphatic heterocycles. The van der Waals surface area contributed by atoms with E-state index >= 15 is 0 Å². The van der Waals surface area contributed by atoms with Crippen LogP contribution in [-0.4, -0.2) is 37.5 Å². The highest BCUT2D eigenvalue weighted by Gasteiger charge is 2.21. The first kappa shape index (κ1) is 23.2. The van der Waals surface area contributed by atoms with Gasteiger partial charge in [0.25, 0.3) is 5.91 Å². The SMILES string of the molecule is CC(C)Nc1cc(-n2ccc3cc(C#N)cnc32)ncc1C(=O)NC1CC=C(c2ccncc2)CC1. The van der Waals surface area contributed by atoms with E-state index in [9.17, 15) is 4.79 Å². The van der Waals surface area contributed by atoms with Crippen LogP contribution in [0.5, 0.6) is 0 Å². The number of anilines is 1. The van der Waals surface area contributed by atoms with Crippen LogP contribution in [0, 0.1) is 11.3 Å². The summed E-state index contributed by atoms with van der Waals surface area (Å²) in [5.41, 5.74) is 4.92. The Bertz CT molecular complexity index is 1480. The number of amides is 1. The number of nitrogens with one attached hydrogen (secondary N) is 2. The van der Waals surface area contributed by atoms with Gasteiger partial charge < -0.3 is 10.6 Å². The van der Waals surface area contributed by atoms with Gasteiger partial charge in [-0.15, -0.1) is 0 Å². The molecule has 36 heavy (non-hydrogen) atoms. The van der Waals surface area contributed by atoms with E-state index in [4.69, 9.17) is 5.26 Å². The summed E-state index contributed by atoms with van der Waals surface area (Å²) >= 11 is 0. The Balaban J connectivity index is 1.37. The zero-order valence-corrected chi connectivity index (χ0v) is 20.3. The van der Waals surface area contributed by atoms with E-state index < -0.39 is 0 Å². The molecule has 0 fully saturated rings. The largest absolute Gasteiger partial charge is 0.382 e. The topological polar surface area (TPSA) is 109 Å². The molecule has 4 aromatic rings. The maximum absolute atomic E-state index is 13.3. The smallest absolute Gasteiger partial charge is 0.255 e. The van der Waals surface area contributed by atoms with Crippen LogP contribution in [0.1, 0.15) is 54.6 Å². The number of hydrogen-bond acceptors (Lipinski definition) is 6. The summed E-state index contributed by atoms with van der Waals surface area (Å²) < 4.78 is 1.86. The summed E-state index contributed by atoms with van der Waals surface area (Å²) in [6.07, 6.45) is 13.4. The lowest BCUT2D eigenvalue weighted by molar-refractivity contribution is 0.0935.